The van der Waals surface area contributed by atoms with E-state index in [2.05, 4.69) is 5.32 Å². The molecule has 32 heavy (non-hydrogen) atoms. The Morgan fingerprint density at radius 3 is 2.41 bits per heavy atom. The quantitative estimate of drug-likeness (QED) is 0.522. The van der Waals surface area contributed by atoms with Crippen LogP contribution in [0, 0.1) is 10.1 Å². The molecule has 0 aromatic heterocycles. The van der Waals surface area contributed by atoms with Crippen LogP contribution in [0.15, 0.2) is 60.7 Å². The average Bonchev–Trinajstić information content (AvgIpc) is 3.12. The number of ether oxygens (including phenoxy) is 2. The Bertz CT molecular complexity index is 1040. The highest BCUT2D eigenvalue weighted by Crippen LogP contribution is 2.34. The maximum absolute atomic E-state index is 12.8. The third-order valence-electron chi connectivity index (χ3n) is 4.78. The molecule has 0 spiro atoms. The van der Waals surface area contributed by atoms with Crippen molar-refractivity contribution in [2.75, 3.05) is 12.4 Å². The lowest BCUT2D eigenvalue weighted by Crippen LogP contribution is -2.46. The van der Waals surface area contributed by atoms with Gasteiger partial charge in [0.15, 0.2) is 0 Å². The Balaban J connectivity index is 2.02. The number of para-hydroxylation sites is 2. The lowest BCUT2D eigenvalue weighted by molar-refractivity contribution is -0.384. The van der Waals surface area contributed by atoms with Crippen molar-refractivity contribution < 1.29 is 24.0 Å². The average molecular weight is 439 g/mol. The highest BCUT2D eigenvalue weighted by Gasteiger charge is 2.40. The van der Waals surface area contributed by atoms with E-state index in [0.717, 1.165) is 4.90 Å². The Morgan fingerprint density at radius 2 is 1.81 bits per heavy atom. The second-order valence-electron chi connectivity index (χ2n) is 8.21. The number of nitrogens with one attached hydrogen (secondary N) is 1. The van der Waals surface area contributed by atoms with Crippen LogP contribution in [0.5, 0.6) is 5.75 Å². The number of non-ortho nitro benzene ring substituents is 1. The molecule has 1 aliphatic heterocycles. The summed E-state index contributed by atoms with van der Waals surface area (Å²) in [4.78, 5) is 37.0. The van der Waals surface area contributed by atoms with Crippen molar-refractivity contribution in [1.82, 2.24) is 4.90 Å². The van der Waals surface area contributed by atoms with Gasteiger partial charge in [0, 0.05) is 18.2 Å². The SMILES string of the molecule is COc1ccccc1N[C@@H](c1ccc([N+](=O)[O-])cc1)[C@H]1C=CC(=O)N1C(=O)OC(C)(C)C. The second-order valence-corrected chi connectivity index (χ2v) is 8.21. The molecule has 9 nitrogen and oxygen atoms in total. The first kappa shape index (κ1) is 22.8. The fraction of sp³-hybridized carbons (Fsp3) is 0.304. The van der Waals surface area contributed by atoms with Crippen LogP contribution in [0.4, 0.5) is 16.2 Å². The highest BCUT2D eigenvalue weighted by molar-refractivity contribution is 6.01. The maximum Gasteiger partial charge on any atom is 0.417 e. The minimum atomic E-state index is -0.788. The van der Waals surface area contributed by atoms with Gasteiger partial charge in [0.25, 0.3) is 11.6 Å². The van der Waals surface area contributed by atoms with Crippen LogP contribution < -0.4 is 10.1 Å². The predicted octanol–water partition coefficient (Wildman–Crippen LogP) is 4.46. The van der Waals surface area contributed by atoms with Crippen LogP contribution in [0.2, 0.25) is 0 Å². The van der Waals surface area contributed by atoms with E-state index in [1.807, 2.05) is 12.1 Å². The summed E-state index contributed by atoms with van der Waals surface area (Å²) in [6.45, 7) is 5.15. The maximum atomic E-state index is 12.8. The van der Waals surface area contributed by atoms with Crippen molar-refractivity contribution in [3.05, 3.63) is 76.4 Å². The number of nitro groups is 1. The van der Waals surface area contributed by atoms with Gasteiger partial charge in [-0.3, -0.25) is 14.9 Å². The van der Waals surface area contributed by atoms with Crippen LogP contribution >= 0.6 is 0 Å². The second kappa shape index (κ2) is 9.09. The van der Waals surface area contributed by atoms with Crippen LogP contribution in [0.1, 0.15) is 32.4 Å². The fourth-order valence-corrected chi connectivity index (χ4v) is 3.38. The van der Waals surface area contributed by atoms with E-state index in [1.54, 1.807) is 51.1 Å². The molecule has 0 radical (unpaired) electrons. The highest BCUT2D eigenvalue weighted by atomic mass is 16.6. The van der Waals surface area contributed by atoms with Gasteiger partial charge in [-0.25, -0.2) is 9.69 Å². The van der Waals surface area contributed by atoms with E-state index in [9.17, 15) is 19.7 Å². The summed E-state index contributed by atoms with van der Waals surface area (Å²) in [5.41, 5.74) is 0.421. The largest absolute Gasteiger partial charge is 0.495 e. The molecule has 2 atom stereocenters. The summed E-state index contributed by atoms with van der Waals surface area (Å²) in [6.07, 6.45) is 2.16. The Kier molecular flexibility index (Phi) is 6.47. The molecule has 3 rings (SSSR count). The summed E-state index contributed by atoms with van der Waals surface area (Å²) in [5, 5.41) is 14.4. The van der Waals surface area contributed by atoms with Crippen molar-refractivity contribution >= 4 is 23.4 Å². The van der Waals surface area contributed by atoms with Gasteiger partial charge in [-0.2, -0.15) is 0 Å². The van der Waals surface area contributed by atoms with Crippen LogP contribution in [-0.2, 0) is 9.53 Å². The molecule has 1 N–H and O–H groups in total. The third kappa shape index (κ3) is 5.05. The Hall–Kier alpha value is -3.88. The van der Waals surface area contributed by atoms with Crippen LogP contribution in [-0.4, -0.2) is 40.6 Å². The van der Waals surface area contributed by atoms with Gasteiger partial charge >= 0.3 is 6.09 Å². The molecule has 0 bridgehead atoms. The molecule has 0 aliphatic carbocycles. The van der Waals surface area contributed by atoms with Crippen LogP contribution in [0.3, 0.4) is 0 Å². The van der Waals surface area contributed by atoms with Gasteiger partial charge in [-0.05, 0) is 38.5 Å². The normalized spacial score (nSPS) is 16.6. The summed E-state index contributed by atoms with van der Waals surface area (Å²) in [5.74, 6) is 0.0644. The summed E-state index contributed by atoms with van der Waals surface area (Å²) < 4.78 is 10.9. The van der Waals surface area contributed by atoms with Gasteiger partial charge in [-0.15, -0.1) is 0 Å². The Labute approximate surface area is 185 Å². The number of hydrogen-bond donors (Lipinski definition) is 1. The standard InChI is InChI=1S/C23H25N3O6/c1-23(2,3)32-22(28)25-18(13-14-20(25)27)21(15-9-11-16(12-10-15)26(29)30)24-17-7-5-6-8-19(17)31-4/h5-14,18,21,24H,1-4H3/t18-,21+/m1/s1. The molecule has 0 saturated carbocycles. The number of amides is 2. The number of carbonyl (C=O) groups excluding carboxylic acids is 2. The first-order valence-electron chi connectivity index (χ1n) is 9.99. The topological polar surface area (TPSA) is 111 Å². The van der Waals surface area contributed by atoms with E-state index in [-0.39, 0.29) is 5.69 Å². The molecule has 1 aliphatic rings. The van der Waals surface area contributed by atoms with E-state index < -0.39 is 34.6 Å². The zero-order valence-electron chi connectivity index (χ0n) is 18.3. The molecular weight excluding hydrogens is 414 g/mol. The minimum absolute atomic E-state index is 0.0631. The first-order valence-corrected chi connectivity index (χ1v) is 9.99. The fourth-order valence-electron chi connectivity index (χ4n) is 3.38. The molecule has 9 heteroatoms. The first-order chi connectivity index (χ1) is 15.1. The van der Waals surface area contributed by atoms with E-state index in [1.165, 1.54) is 25.3 Å². The van der Waals surface area contributed by atoms with Crippen molar-refractivity contribution in [3.8, 4) is 5.75 Å². The number of carbonyl (C=O) groups is 2. The summed E-state index contributed by atoms with van der Waals surface area (Å²) in [6, 6.07) is 11.8. The summed E-state index contributed by atoms with van der Waals surface area (Å²) in [7, 11) is 1.54. The minimum Gasteiger partial charge on any atom is -0.495 e. The molecule has 0 saturated heterocycles. The van der Waals surface area contributed by atoms with Crippen molar-refractivity contribution in [2.24, 2.45) is 0 Å². The van der Waals surface area contributed by atoms with Gasteiger partial charge < -0.3 is 14.8 Å². The zero-order chi connectivity index (χ0) is 23.5. The molecular formula is C23H25N3O6. The Morgan fingerprint density at radius 1 is 1.16 bits per heavy atom. The van der Waals surface area contributed by atoms with E-state index >= 15 is 0 Å². The number of imide groups is 1. The number of hydrogen-bond acceptors (Lipinski definition) is 7. The number of anilines is 1. The van der Waals surface area contributed by atoms with Gasteiger partial charge in [0.05, 0.1) is 29.8 Å². The molecule has 2 aromatic carbocycles. The van der Waals surface area contributed by atoms with Gasteiger partial charge in [0.1, 0.15) is 11.4 Å². The van der Waals surface area contributed by atoms with Crippen LogP contribution in [0.25, 0.3) is 0 Å². The lowest BCUT2D eigenvalue weighted by atomic mass is 9.98. The number of benzene rings is 2. The smallest absolute Gasteiger partial charge is 0.417 e. The number of nitro benzene ring substituents is 1. The summed E-state index contributed by atoms with van der Waals surface area (Å²) >= 11 is 0. The molecule has 0 fully saturated rings. The number of nitrogens with zero attached hydrogens (tertiary/aromatic N) is 2. The van der Waals surface area contributed by atoms with E-state index in [0.29, 0.717) is 17.0 Å². The van der Waals surface area contributed by atoms with Crippen molar-refractivity contribution in [1.29, 1.82) is 0 Å². The lowest BCUT2D eigenvalue weighted by Gasteiger charge is -2.33. The zero-order valence-corrected chi connectivity index (χ0v) is 18.3. The number of methoxy groups -OCH3 is 1. The monoisotopic (exact) mass is 439 g/mol. The van der Waals surface area contributed by atoms with E-state index in [4.69, 9.17) is 9.47 Å². The molecule has 2 amide bonds. The molecule has 168 valence electrons. The molecule has 2 aromatic rings. The molecule has 0 unspecified atom stereocenters. The number of rotatable bonds is 6. The van der Waals surface area contributed by atoms with Crippen molar-refractivity contribution in [2.45, 2.75) is 38.5 Å². The van der Waals surface area contributed by atoms with Gasteiger partial charge in [-0.1, -0.05) is 30.3 Å². The van der Waals surface area contributed by atoms with Crippen molar-refractivity contribution in [3.63, 3.8) is 0 Å². The molecule has 1 heterocycles. The van der Waals surface area contributed by atoms with Gasteiger partial charge in [0.2, 0.25) is 0 Å². The third-order valence-corrected chi connectivity index (χ3v) is 4.78. The predicted molar refractivity (Wildman–Crippen MR) is 118 cm³/mol.